The average Bonchev–Trinajstić information content (AvgIpc) is 2.68. The monoisotopic (exact) mass is 182 g/mol. The van der Waals surface area contributed by atoms with Crippen LogP contribution in [0.3, 0.4) is 0 Å². The summed E-state index contributed by atoms with van der Waals surface area (Å²) in [6.07, 6.45) is 2.40. The van der Waals surface area contributed by atoms with Gasteiger partial charge in [-0.2, -0.15) is 0 Å². The number of hydrogen-bond donors (Lipinski definition) is 1. The Morgan fingerprint density at radius 3 is 2.77 bits per heavy atom. The Labute approximate surface area is 77.3 Å². The van der Waals surface area contributed by atoms with Crippen LogP contribution in [0.25, 0.3) is 0 Å². The van der Waals surface area contributed by atoms with Gasteiger partial charge in [-0.05, 0) is 18.8 Å². The van der Waals surface area contributed by atoms with Crippen LogP contribution in [0.4, 0.5) is 0 Å². The third-order valence-electron chi connectivity index (χ3n) is 2.76. The molecule has 4 heteroatoms. The first-order valence-corrected chi connectivity index (χ1v) is 4.79. The van der Waals surface area contributed by atoms with Crippen molar-refractivity contribution in [3.05, 3.63) is 0 Å². The minimum atomic E-state index is 0.0164. The molecule has 1 heterocycles. The molecule has 0 bridgehead atoms. The van der Waals surface area contributed by atoms with E-state index >= 15 is 0 Å². The van der Waals surface area contributed by atoms with Crippen LogP contribution < -0.4 is 5.43 Å². The summed E-state index contributed by atoms with van der Waals surface area (Å²) in [5.41, 5.74) is 2.67. The van der Waals surface area contributed by atoms with Crippen molar-refractivity contribution in [2.24, 2.45) is 11.8 Å². The summed E-state index contributed by atoms with van der Waals surface area (Å²) in [6, 6.07) is 0. The smallest absolute Gasteiger partial charge is 0.241 e. The second-order valence-electron chi connectivity index (χ2n) is 3.94. The van der Waals surface area contributed by atoms with Crippen molar-refractivity contribution in [2.45, 2.75) is 26.2 Å². The average molecular weight is 182 g/mol. The second kappa shape index (κ2) is 3.01. The van der Waals surface area contributed by atoms with E-state index in [0.717, 1.165) is 12.8 Å². The molecule has 4 nitrogen and oxygen atoms in total. The number of carbonyl (C=O) groups excluding carboxylic acids is 2. The van der Waals surface area contributed by atoms with Crippen LogP contribution in [-0.4, -0.2) is 23.4 Å². The number of carbonyl (C=O) groups is 2. The fourth-order valence-corrected chi connectivity index (χ4v) is 1.67. The van der Waals surface area contributed by atoms with Crippen molar-refractivity contribution in [1.82, 2.24) is 10.4 Å². The van der Waals surface area contributed by atoms with Crippen molar-refractivity contribution in [2.75, 3.05) is 6.54 Å². The van der Waals surface area contributed by atoms with Gasteiger partial charge in [-0.1, -0.05) is 6.92 Å². The Kier molecular flexibility index (Phi) is 1.98. The van der Waals surface area contributed by atoms with E-state index in [9.17, 15) is 9.59 Å². The van der Waals surface area contributed by atoms with E-state index in [0.29, 0.717) is 18.9 Å². The van der Waals surface area contributed by atoms with Crippen LogP contribution in [0.2, 0.25) is 0 Å². The summed E-state index contributed by atoms with van der Waals surface area (Å²) < 4.78 is 0. The van der Waals surface area contributed by atoms with Gasteiger partial charge in [0.2, 0.25) is 11.8 Å². The third-order valence-corrected chi connectivity index (χ3v) is 2.76. The molecule has 1 N–H and O–H groups in total. The van der Waals surface area contributed by atoms with E-state index < -0.39 is 0 Å². The van der Waals surface area contributed by atoms with Crippen LogP contribution in [0.1, 0.15) is 26.2 Å². The molecule has 0 aromatic carbocycles. The predicted molar refractivity (Wildman–Crippen MR) is 46.4 cm³/mol. The summed E-state index contributed by atoms with van der Waals surface area (Å²) in [6.45, 7) is 2.72. The Morgan fingerprint density at radius 2 is 2.31 bits per heavy atom. The summed E-state index contributed by atoms with van der Waals surface area (Å²) in [5, 5.41) is 1.45. The number of amides is 2. The van der Waals surface area contributed by atoms with Crippen molar-refractivity contribution in [3.8, 4) is 0 Å². The molecule has 1 saturated heterocycles. The molecule has 1 aliphatic carbocycles. The molecular formula is C9H14N2O2. The minimum Gasteiger partial charge on any atom is -0.273 e. The van der Waals surface area contributed by atoms with E-state index in [1.807, 2.05) is 0 Å². The van der Waals surface area contributed by atoms with Gasteiger partial charge < -0.3 is 0 Å². The topological polar surface area (TPSA) is 49.4 Å². The number of rotatable bonds is 2. The van der Waals surface area contributed by atoms with Gasteiger partial charge in [-0.25, -0.2) is 0 Å². The maximum atomic E-state index is 11.4. The third kappa shape index (κ3) is 1.66. The van der Waals surface area contributed by atoms with E-state index in [2.05, 4.69) is 12.3 Å². The van der Waals surface area contributed by atoms with Crippen LogP contribution in [0.15, 0.2) is 0 Å². The zero-order valence-electron chi connectivity index (χ0n) is 7.75. The second-order valence-corrected chi connectivity index (χ2v) is 3.94. The lowest BCUT2D eigenvalue weighted by Gasteiger charge is -2.16. The maximum Gasteiger partial charge on any atom is 0.241 e. The van der Waals surface area contributed by atoms with E-state index in [1.165, 1.54) is 5.01 Å². The molecule has 2 amide bonds. The molecule has 13 heavy (non-hydrogen) atoms. The Balaban J connectivity index is 1.83. The molecule has 0 radical (unpaired) electrons. The highest BCUT2D eigenvalue weighted by Gasteiger charge is 2.40. The molecule has 0 unspecified atom stereocenters. The predicted octanol–water partition coefficient (Wildman–Crippen LogP) is 0.296. The fourth-order valence-electron chi connectivity index (χ4n) is 1.67. The lowest BCUT2D eigenvalue weighted by atomic mass is 10.3. The summed E-state index contributed by atoms with van der Waals surface area (Å²) in [4.78, 5) is 22.6. The van der Waals surface area contributed by atoms with Gasteiger partial charge in [0.05, 0.1) is 0 Å². The van der Waals surface area contributed by atoms with Gasteiger partial charge in [0.1, 0.15) is 0 Å². The molecule has 1 saturated carbocycles. The number of nitrogens with zero attached hydrogens (tertiary/aromatic N) is 1. The number of nitrogens with one attached hydrogen (secondary N) is 1. The van der Waals surface area contributed by atoms with Gasteiger partial charge in [0.15, 0.2) is 0 Å². The molecule has 2 aliphatic rings. The zero-order valence-corrected chi connectivity index (χ0v) is 7.75. The van der Waals surface area contributed by atoms with Crippen molar-refractivity contribution >= 4 is 11.8 Å². The summed E-state index contributed by atoms with van der Waals surface area (Å²) >= 11 is 0. The minimum absolute atomic E-state index is 0.0164. The van der Waals surface area contributed by atoms with Crippen LogP contribution in [0.5, 0.6) is 0 Å². The molecule has 2 atom stereocenters. The van der Waals surface area contributed by atoms with Crippen LogP contribution in [-0.2, 0) is 9.59 Å². The lowest BCUT2D eigenvalue weighted by Crippen LogP contribution is -2.43. The largest absolute Gasteiger partial charge is 0.273 e. The van der Waals surface area contributed by atoms with Crippen LogP contribution in [0, 0.1) is 11.8 Å². The highest BCUT2D eigenvalue weighted by atomic mass is 16.2. The lowest BCUT2D eigenvalue weighted by molar-refractivity contribution is -0.138. The molecule has 0 spiro atoms. The van der Waals surface area contributed by atoms with E-state index in [-0.39, 0.29) is 17.7 Å². The molecular weight excluding hydrogens is 168 g/mol. The van der Waals surface area contributed by atoms with Gasteiger partial charge in [0, 0.05) is 18.9 Å². The van der Waals surface area contributed by atoms with Gasteiger partial charge >= 0.3 is 0 Å². The first-order chi connectivity index (χ1) is 6.18. The summed E-state index contributed by atoms with van der Waals surface area (Å²) in [7, 11) is 0. The van der Waals surface area contributed by atoms with Crippen LogP contribution >= 0.6 is 0 Å². The zero-order chi connectivity index (χ0) is 9.42. The van der Waals surface area contributed by atoms with Gasteiger partial charge in [-0.3, -0.25) is 20.0 Å². The number of hydrogen-bond acceptors (Lipinski definition) is 2. The van der Waals surface area contributed by atoms with Crippen molar-refractivity contribution in [1.29, 1.82) is 0 Å². The highest BCUT2D eigenvalue weighted by molar-refractivity contribution is 5.85. The van der Waals surface area contributed by atoms with Gasteiger partial charge in [0.25, 0.3) is 0 Å². The fraction of sp³-hybridized carbons (Fsp3) is 0.778. The number of hydrazine groups is 1. The van der Waals surface area contributed by atoms with Crippen molar-refractivity contribution in [3.63, 3.8) is 0 Å². The standard InChI is InChI=1S/C9H14N2O2/c1-6-5-7(6)9(13)10-11-4-2-3-8(11)12/h6-7H,2-5H2,1H3,(H,10,13)/t6-,7-/m1/s1. The highest BCUT2D eigenvalue weighted by Crippen LogP contribution is 2.37. The van der Waals surface area contributed by atoms with Gasteiger partial charge in [-0.15, -0.1) is 0 Å². The molecule has 0 aromatic rings. The Bertz CT molecular complexity index is 252. The quantitative estimate of drug-likeness (QED) is 0.667. The SMILES string of the molecule is C[C@@H]1C[C@H]1C(=O)NN1CCCC1=O. The molecule has 2 fully saturated rings. The summed E-state index contributed by atoms with van der Waals surface area (Å²) in [5.74, 6) is 0.704. The van der Waals surface area contributed by atoms with E-state index in [1.54, 1.807) is 0 Å². The molecule has 2 rings (SSSR count). The van der Waals surface area contributed by atoms with Crippen molar-refractivity contribution < 1.29 is 9.59 Å². The molecule has 72 valence electrons. The Morgan fingerprint density at radius 1 is 1.62 bits per heavy atom. The normalized spacial score (nSPS) is 32.1. The van der Waals surface area contributed by atoms with E-state index in [4.69, 9.17) is 0 Å². The molecule has 0 aromatic heterocycles. The first-order valence-electron chi connectivity index (χ1n) is 4.79. The Hall–Kier alpha value is -1.06. The first kappa shape index (κ1) is 8.53. The molecule has 1 aliphatic heterocycles. The maximum absolute atomic E-state index is 11.4.